The number of benzene rings is 1. The van der Waals surface area contributed by atoms with Crippen LogP contribution in [0.3, 0.4) is 0 Å². The number of nitrogens with one attached hydrogen (secondary N) is 1. The van der Waals surface area contributed by atoms with Gasteiger partial charge < -0.3 is 5.32 Å². The van der Waals surface area contributed by atoms with Crippen molar-refractivity contribution in [1.29, 1.82) is 0 Å². The Morgan fingerprint density at radius 3 is 2.69 bits per heavy atom. The van der Waals surface area contributed by atoms with Gasteiger partial charge in [0.2, 0.25) is 0 Å². The number of carbonyl (C=O) groups is 1. The quantitative estimate of drug-likeness (QED) is 0.621. The predicted octanol–water partition coefficient (Wildman–Crippen LogP) is 3.05. The van der Waals surface area contributed by atoms with Crippen molar-refractivity contribution in [3.63, 3.8) is 0 Å². The fraction of sp³-hybridized carbons (Fsp3) is 0.462. The van der Waals surface area contributed by atoms with Crippen LogP contribution in [0.5, 0.6) is 0 Å². The predicted molar refractivity (Wildman–Crippen MR) is 68.2 cm³/mol. The van der Waals surface area contributed by atoms with Crippen molar-refractivity contribution in [2.45, 2.75) is 26.7 Å². The van der Waals surface area contributed by atoms with Gasteiger partial charge in [-0.1, -0.05) is 17.7 Å². The number of hydrogen-bond donors (Lipinski definition) is 1. The minimum absolute atomic E-state index is 0.00655. The van der Waals surface area contributed by atoms with Gasteiger partial charge in [-0.05, 0) is 38.3 Å². The molecule has 0 saturated carbocycles. The molecule has 0 aromatic heterocycles. The molecule has 0 aliphatic rings. The second kappa shape index (κ2) is 6.54. The number of carbonyl (C=O) groups excluding carboxylic acids is 1. The van der Waals surface area contributed by atoms with E-state index in [9.17, 15) is 4.79 Å². The molecule has 88 valence electrons. The lowest BCUT2D eigenvalue weighted by atomic mass is 10.1. The zero-order chi connectivity index (χ0) is 12.0. The van der Waals surface area contributed by atoms with Crippen LogP contribution < -0.4 is 5.32 Å². The van der Waals surface area contributed by atoms with Gasteiger partial charge >= 0.3 is 0 Å². The third-order valence-corrected chi connectivity index (χ3v) is 2.74. The molecule has 0 spiro atoms. The van der Waals surface area contributed by atoms with Gasteiger partial charge in [0.15, 0.2) is 0 Å². The molecule has 16 heavy (non-hydrogen) atoms. The average molecular weight is 240 g/mol. The van der Waals surface area contributed by atoms with E-state index in [1.54, 1.807) is 0 Å². The SMILES string of the molecule is Cc1ccc(C(=O)NCCCCCl)c(C)c1. The van der Waals surface area contributed by atoms with Gasteiger partial charge in [0.05, 0.1) is 0 Å². The molecule has 0 saturated heterocycles. The first-order valence-corrected chi connectivity index (χ1v) is 6.10. The summed E-state index contributed by atoms with van der Waals surface area (Å²) in [5.74, 6) is 0.659. The van der Waals surface area contributed by atoms with Gasteiger partial charge in [0, 0.05) is 18.0 Å². The fourth-order valence-electron chi connectivity index (χ4n) is 1.58. The molecule has 0 heterocycles. The molecular weight excluding hydrogens is 222 g/mol. The van der Waals surface area contributed by atoms with Gasteiger partial charge in [0.1, 0.15) is 0 Å². The van der Waals surface area contributed by atoms with Gasteiger partial charge in [-0.25, -0.2) is 0 Å². The van der Waals surface area contributed by atoms with E-state index < -0.39 is 0 Å². The molecule has 1 rings (SSSR count). The van der Waals surface area contributed by atoms with Crippen LogP contribution in [-0.4, -0.2) is 18.3 Å². The van der Waals surface area contributed by atoms with Crippen LogP contribution in [0.25, 0.3) is 0 Å². The summed E-state index contributed by atoms with van der Waals surface area (Å²) in [6.07, 6.45) is 1.87. The number of aryl methyl sites for hydroxylation is 2. The monoisotopic (exact) mass is 239 g/mol. The number of amides is 1. The van der Waals surface area contributed by atoms with E-state index in [0.29, 0.717) is 12.4 Å². The molecule has 0 aliphatic heterocycles. The van der Waals surface area contributed by atoms with E-state index in [1.807, 2.05) is 32.0 Å². The van der Waals surface area contributed by atoms with E-state index in [4.69, 9.17) is 11.6 Å². The highest BCUT2D eigenvalue weighted by molar-refractivity contribution is 6.17. The van der Waals surface area contributed by atoms with Gasteiger partial charge in [-0.15, -0.1) is 11.6 Å². The van der Waals surface area contributed by atoms with Crippen molar-refractivity contribution in [2.75, 3.05) is 12.4 Å². The number of unbranched alkanes of at least 4 members (excludes halogenated alkanes) is 1. The Morgan fingerprint density at radius 1 is 1.31 bits per heavy atom. The topological polar surface area (TPSA) is 29.1 Å². The molecule has 3 heteroatoms. The number of rotatable bonds is 5. The molecule has 1 aromatic rings. The smallest absolute Gasteiger partial charge is 0.251 e. The van der Waals surface area contributed by atoms with E-state index >= 15 is 0 Å². The van der Waals surface area contributed by atoms with Crippen LogP contribution in [0, 0.1) is 13.8 Å². The Morgan fingerprint density at radius 2 is 2.06 bits per heavy atom. The van der Waals surface area contributed by atoms with Crippen LogP contribution in [0.15, 0.2) is 18.2 Å². The van der Waals surface area contributed by atoms with Gasteiger partial charge in [-0.3, -0.25) is 4.79 Å². The van der Waals surface area contributed by atoms with Crippen molar-refractivity contribution in [3.05, 3.63) is 34.9 Å². The van der Waals surface area contributed by atoms with E-state index in [-0.39, 0.29) is 5.91 Å². The molecule has 1 aromatic carbocycles. The molecule has 1 N–H and O–H groups in total. The number of alkyl halides is 1. The largest absolute Gasteiger partial charge is 0.352 e. The lowest BCUT2D eigenvalue weighted by Gasteiger charge is -2.07. The lowest BCUT2D eigenvalue weighted by Crippen LogP contribution is -2.25. The van der Waals surface area contributed by atoms with E-state index in [2.05, 4.69) is 5.32 Å². The zero-order valence-corrected chi connectivity index (χ0v) is 10.6. The first kappa shape index (κ1) is 13.0. The lowest BCUT2D eigenvalue weighted by molar-refractivity contribution is 0.0952. The maximum Gasteiger partial charge on any atom is 0.251 e. The maximum atomic E-state index is 11.8. The summed E-state index contributed by atoms with van der Waals surface area (Å²) in [6, 6.07) is 5.86. The second-order valence-corrected chi connectivity index (χ2v) is 4.35. The van der Waals surface area contributed by atoms with E-state index in [1.165, 1.54) is 5.56 Å². The summed E-state index contributed by atoms with van der Waals surface area (Å²) < 4.78 is 0. The van der Waals surface area contributed by atoms with Crippen LogP contribution in [-0.2, 0) is 0 Å². The van der Waals surface area contributed by atoms with Crippen LogP contribution in [0.1, 0.15) is 34.3 Å². The van der Waals surface area contributed by atoms with Crippen molar-refractivity contribution >= 4 is 17.5 Å². The van der Waals surface area contributed by atoms with Gasteiger partial charge in [0.25, 0.3) is 5.91 Å². The Bertz CT molecular complexity index is 363. The maximum absolute atomic E-state index is 11.8. The Labute approximate surface area is 102 Å². The molecule has 0 atom stereocenters. The van der Waals surface area contributed by atoms with Crippen molar-refractivity contribution in [3.8, 4) is 0 Å². The highest BCUT2D eigenvalue weighted by atomic mass is 35.5. The van der Waals surface area contributed by atoms with Crippen molar-refractivity contribution in [1.82, 2.24) is 5.32 Å². The zero-order valence-electron chi connectivity index (χ0n) is 9.85. The molecule has 1 amide bonds. The van der Waals surface area contributed by atoms with Crippen molar-refractivity contribution < 1.29 is 4.79 Å². The third-order valence-electron chi connectivity index (χ3n) is 2.47. The number of halogens is 1. The highest BCUT2D eigenvalue weighted by Crippen LogP contribution is 2.10. The second-order valence-electron chi connectivity index (χ2n) is 3.97. The summed E-state index contributed by atoms with van der Waals surface area (Å²) in [7, 11) is 0. The molecule has 2 nitrogen and oxygen atoms in total. The van der Waals surface area contributed by atoms with Crippen LogP contribution in [0.2, 0.25) is 0 Å². The van der Waals surface area contributed by atoms with Crippen LogP contribution >= 0.6 is 11.6 Å². The molecule has 0 aliphatic carbocycles. The molecule has 0 unspecified atom stereocenters. The molecule has 0 fully saturated rings. The fourth-order valence-corrected chi connectivity index (χ4v) is 1.77. The highest BCUT2D eigenvalue weighted by Gasteiger charge is 2.07. The summed E-state index contributed by atoms with van der Waals surface area (Å²) in [5, 5.41) is 2.90. The standard InChI is InChI=1S/C13H18ClNO/c1-10-5-6-12(11(2)9-10)13(16)15-8-4-3-7-14/h5-6,9H,3-4,7-8H2,1-2H3,(H,15,16). The summed E-state index contributed by atoms with van der Waals surface area (Å²) in [6.45, 7) is 4.68. The van der Waals surface area contributed by atoms with Crippen LogP contribution in [0.4, 0.5) is 0 Å². The first-order chi connectivity index (χ1) is 7.65. The summed E-state index contributed by atoms with van der Waals surface area (Å²) in [5.41, 5.74) is 2.96. The summed E-state index contributed by atoms with van der Waals surface area (Å²) in [4.78, 5) is 11.8. The number of hydrogen-bond acceptors (Lipinski definition) is 1. The Hall–Kier alpha value is -1.02. The Balaban J connectivity index is 2.53. The average Bonchev–Trinajstić information content (AvgIpc) is 2.24. The van der Waals surface area contributed by atoms with Gasteiger partial charge in [-0.2, -0.15) is 0 Å². The molecule has 0 radical (unpaired) electrons. The molecule has 0 bridgehead atoms. The first-order valence-electron chi connectivity index (χ1n) is 5.56. The Kier molecular flexibility index (Phi) is 5.33. The minimum Gasteiger partial charge on any atom is -0.352 e. The third kappa shape index (κ3) is 3.86. The summed E-state index contributed by atoms with van der Waals surface area (Å²) >= 11 is 5.56. The minimum atomic E-state index is 0.00655. The normalized spacial score (nSPS) is 10.2. The molecular formula is C13H18ClNO. The van der Waals surface area contributed by atoms with E-state index in [0.717, 1.165) is 24.0 Å². The van der Waals surface area contributed by atoms with Crippen molar-refractivity contribution in [2.24, 2.45) is 0 Å².